The number of carbonyl (C=O) groups is 1. The second-order valence-corrected chi connectivity index (χ2v) is 4.68. The lowest BCUT2D eigenvalue weighted by molar-refractivity contribution is 0.187. The fourth-order valence-electron chi connectivity index (χ4n) is 1.63. The average Bonchev–Trinajstić information content (AvgIpc) is 2.87. The van der Waals surface area contributed by atoms with Gasteiger partial charge in [0.15, 0.2) is 0 Å². The number of pyridine rings is 1. The van der Waals surface area contributed by atoms with Crippen molar-refractivity contribution < 1.29 is 19.2 Å². The third kappa shape index (κ3) is 3.91. The Morgan fingerprint density at radius 2 is 2.19 bits per heavy atom. The van der Waals surface area contributed by atoms with Crippen molar-refractivity contribution in [1.82, 2.24) is 20.4 Å². The largest absolute Gasteiger partial charge is 0.475 e. The summed E-state index contributed by atoms with van der Waals surface area (Å²) in [6, 6.07) is 2.83. The molecule has 1 unspecified atom stereocenters. The van der Waals surface area contributed by atoms with E-state index in [1.54, 1.807) is 25.3 Å². The molecule has 0 spiro atoms. The number of hydrogen-bond acceptors (Lipinski definition) is 6. The highest BCUT2D eigenvalue weighted by Gasteiger charge is 2.17. The number of aromatic nitrogens is 3. The molecule has 0 fully saturated rings. The van der Waals surface area contributed by atoms with Crippen LogP contribution >= 0.6 is 0 Å². The van der Waals surface area contributed by atoms with Gasteiger partial charge in [0.05, 0.1) is 6.10 Å². The highest BCUT2D eigenvalue weighted by Crippen LogP contribution is 2.21. The van der Waals surface area contributed by atoms with Gasteiger partial charge in [0.1, 0.15) is 6.04 Å². The van der Waals surface area contributed by atoms with E-state index in [4.69, 9.17) is 14.4 Å². The minimum Gasteiger partial charge on any atom is -0.475 e. The molecule has 21 heavy (non-hydrogen) atoms. The molecular formula is C13H16N4O4. The zero-order valence-electron chi connectivity index (χ0n) is 11.9. The van der Waals surface area contributed by atoms with Crippen molar-refractivity contribution in [3.8, 4) is 17.3 Å². The molecule has 2 aromatic rings. The molecule has 8 heteroatoms. The van der Waals surface area contributed by atoms with Gasteiger partial charge in [-0.05, 0) is 26.8 Å². The highest BCUT2D eigenvalue weighted by molar-refractivity contribution is 5.65. The van der Waals surface area contributed by atoms with Crippen LogP contribution in [0.15, 0.2) is 22.9 Å². The van der Waals surface area contributed by atoms with Crippen LogP contribution in [0.5, 0.6) is 5.88 Å². The number of hydrogen-bond donors (Lipinski definition) is 2. The first-order valence-electron chi connectivity index (χ1n) is 6.42. The summed E-state index contributed by atoms with van der Waals surface area (Å²) in [7, 11) is 0. The Kier molecular flexibility index (Phi) is 4.36. The molecule has 0 aromatic carbocycles. The van der Waals surface area contributed by atoms with Crippen molar-refractivity contribution >= 4 is 6.09 Å². The summed E-state index contributed by atoms with van der Waals surface area (Å²) in [4.78, 5) is 18.8. The van der Waals surface area contributed by atoms with Gasteiger partial charge in [-0.15, -0.1) is 0 Å². The first-order valence-corrected chi connectivity index (χ1v) is 6.42. The molecule has 1 atom stereocenters. The molecule has 2 aromatic heterocycles. The van der Waals surface area contributed by atoms with Crippen molar-refractivity contribution in [3.05, 3.63) is 24.2 Å². The Morgan fingerprint density at radius 3 is 2.86 bits per heavy atom. The van der Waals surface area contributed by atoms with Gasteiger partial charge in [-0.2, -0.15) is 4.98 Å². The van der Waals surface area contributed by atoms with Crippen LogP contribution in [0.4, 0.5) is 4.79 Å². The second kappa shape index (κ2) is 6.21. The molecule has 0 bridgehead atoms. The topological polar surface area (TPSA) is 110 Å². The Bertz CT molecular complexity index is 626. The molecule has 0 aliphatic rings. The van der Waals surface area contributed by atoms with E-state index in [9.17, 15) is 4.79 Å². The van der Waals surface area contributed by atoms with Gasteiger partial charge in [-0.1, -0.05) is 5.16 Å². The molecule has 2 rings (SSSR count). The van der Waals surface area contributed by atoms with E-state index in [0.29, 0.717) is 17.3 Å². The first kappa shape index (κ1) is 14.8. The minimum absolute atomic E-state index is 0.00775. The lowest BCUT2D eigenvalue weighted by Crippen LogP contribution is -2.24. The average molecular weight is 292 g/mol. The second-order valence-electron chi connectivity index (χ2n) is 4.68. The summed E-state index contributed by atoms with van der Waals surface area (Å²) in [5.41, 5.74) is 0.679. The number of nitrogens with one attached hydrogen (secondary N) is 1. The zero-order chi connectivity index (χ0) is 15.4. The van der Waals surface area contributed by atoms with E-state index in [1.807, 2.05) is 13.8 Å². The monoisotopic (exact) mass is 292 g/mol. The molecule has 0 aliphatic carbocycles. The molecular weight excluding hydrogens is 276 g/mol. The van der Waals surface area contributed by atoms with Crippen molar-refractivity contribution in [1.29, 1.82) is 0 Å². The summed E-state index contributed by atoms with van der Waals surface area (Å²) in [6.45, 7) is 5.42. The third-order valence-electron chi connectivity index (χ3n) is 2.50. The van der Waals surface area contributed by atoms with E-state index in [0.717, 1.165) is 0 Å². The molecule has 0 radical (unpaired) electrons. The van der Waals surface area contributed by atoms with Gasteiger partial charge in [-0.25, -0.2) is 9.78 Å². The maximum Gasteiger partial charge on any atom is 0.405 e. The van der Waals surface area contributed by atoms with E-state index < -0.39 is 12.1 Å². The van der Waals surface area contributed by atoms with Gasteiger partial charge in [0, 0.05) is 17.8 Å². The molecule has 0 saturated heterocycles. The maximum atomic E-state index is 10.6. The van der Waals surface area contributed by atoms with E-state index >= 15 is 0 Å². The molecule has 8 nitrogen and oxygen atoms in total. The van der Waals surface area contributed by atoms with Gasteiger partial charge >= 0.3 is 6.09 Å². The zero-order valence-corrected chi connectivity index (χ0v) is 11.9. The minimum atomic E-state index is -1.15. The summed E-state index contributed by atoms with van der Waals surface area (Å²) < 4.78 is 10.6. The van der Waals surface area contributed by atoms with Crippen molar-refractivity contribution in [3.63, 3.8) is 0 Å². The molecule has 0 aliphatic heterocycles. The number of rotatable bonds is 5. The summed E-state index contributed by atoms with van der Waals surface area (Å²) in [5, 5.41) is 14.7. The molecule has 2 N–H and O–H groups in total. The van der Waals surface area contributed by atoms with E-state index in [1.165, 1.54) is 0 Å². The smallest absolute Gasteiger partial charge is 0.405 e. The first-order chi connectivity index (χ1) is 9.95. The lowest BCUT2D eigenvalue weighted by Gasteiger charge is -2.08. The fourth-order valence-corrected chi connectivity index (χ4v) is 1.63. The molecule has 1 amide bonds. The normalized spacial score (nSPS) is 12.2. The van der Waals surface area contributed by atoms with Crippen molar-refractivity contribution in [2.75, 3.05) is 0 Å². The van der Waals surface area contributed by atoms with Gasteiger partial charge in [0.2, 0.25) is 17.6 Å². The van der Waals surface area contributed by atoms with Crippen molar-refractivity contribution in [2.24, 2.45) is 0 Å². The quantitative estimate of drug-likeness (QED) is 0.869. The van der Waals surface area contributed by atoms with Crippen LogP contribution in [0, 0.1) is 0 Å². The molecule has 2 heterocycles. The van der Waals surface area contributed by atoms with Crippen LogP contribution in [-0.2, 0) is 0 Å². The summed E-state index contributed by atoms with van der Waals surface area (Å²) >= 11 is 0. The number of carboxylic acid groups (broad SMARTS) is 1. The fraction of sp³-hybridized carbons (Fsp3) is 0.385. The highest BCUT2D eigenvalue weighted by atomic mass is 16.5. The van der Waals surface area contributed by atoms with Crippen LogP contribution in [0.1, 0.15) is 32.7 Å². The van der Waals surface area contributed by atoms with Gasteiger partial charge < -0.3 is 19.7 Å². The molecule has 0 saturated carbocycles. The summed E-state index contributed by atoms with van der Waals surface area (Å²) in [5.74, 6) is 1.00. The van der Waals surface area contributed by atoms with E-state index in [2.05, 4.69) is 20.4 Å². The Labute approximate surface area is 121 Å². The lowest BCUT2D eigenvalue weighted by atomic mass is 10.2. The van der Waals surface area contributed by atoms with E-state index in [-0.39, 0.29) is 12.0 Å². The maximum absolute atomic E-state index is 10.6. The van der Waals surface area contributed by atoms with Crippen LogP contribution in [0.2, 0.25) is 0 Å². The molecule has 112 valence electrons. The standard InChI is InChI=1S/C13H16N4O4/c1-7(2)20-10-6-9(4-5-14-10)11-16-12(21-17-11)8(3)15-13(18)19/h4-8,15H,1-3H3,(H,18,19). The predicted octanol–water partition coefficient (Wildman–Crippen LogP) is 2.25. The SMILES string of the molecule is CC(C)Oc1cc(-c2noc(C(C)NC(=O)O)n2)ccn1. The van der Waals surface area contributed by atoms with Crippen LogP contribution < -0.4 is 10.1 Å². The van der Waals surface area contributed by atoms with Crippen LogP contribution in [0.25, 0.3) is 11.4 Å². The Hall–Kier alpha value is -2.64. The summed E-state index contributed by atoms with van der Waals surface area (Å²) in [6.07, 6.45) is 0.439. The van der Waals surface area contributed by atoms with Crippen molar-refractivity contribution in [2.45, 2.75) is 32.9 Å². The Balaban J connectivity index is 2.19. The Morgan fingerprint density at radius 1 is 1.43 bits per heavy atom. The third-order valence-corrected chi connectivity index (χ3v) is 2.50. The van der Waals surface area contributed by atoms with Gasteiger partial charge in [-0.3, -0.25) is 0 Å². The number of nitrogens with zero attached hydrogens (tertiary/aromatic N) is 3. The predicted molar refractivity (Wildman–Crippen MR) is 72.9 cm³/mol. The van der Waals surface area contributed by atoms with Gasteiger partial charge in [0.25, 0.3) is 0 Å². The number of ether oxygens (including phenoxy) is 1. The van der Waals surface area contributed by atoms with Crippen LogP contribution in [-0.4, -0.2) is 32.4 Å². The van der Waals surface area contributed by atoms with Crippen LogP contribution in [0.3, 0.4) is 0 Å². The number of amides is 1.